The number of aryl methyl sites for hydroxylation is 1. The van der Waals surface area contributed by atoms with E-state index in [9.17, 15) is 4.79 Å². The van der Waals surface area contributed by atoms with E-state index in [1.807, 2.05) is 4.68 Å². The fraction of sp³-hybridized carbons (Fsp3) is 0.526. The molecule has 5 heteroatoms. The lowest BCUT2D eigenvalue weighted by Gasteiger charge is -2.34. The van der Waals surface area contributed by atoms with Crippen LogP contribution in [0.25, 0.3) is 0 Å². The second kappa shape index (κ2) is 5.38. The van der Waals surface area contributed by atoms with E-state index in [1.54, 1.807) is 11.3 Å². The van der Waals surface area contributed by atoms with Crippen LogP contribution in [0.15, 0.2) is 22.5 Å². The summed E-state index contributed by atoms with van der Waals surface area (Å²) in [6, 6.07) is 4.22. The van der Waals surface area contributed by atoms with Crippen molar-refractivity contribution in [2.24, 2.45) is 10.9 Å². The molecular formula is C19H23N3OS. The molecule has 2 aromatic rings. The summed E-state index contributed by atoms with van der Waals surface area (Å²) in [5, 5.41) is 6.90. The van der Waals surface area contributed by atoms with E-state index < -0.39 is 0 Å². The molecule has 24 heavy (non-hydrogen) atoms. The molecule has 2 aliphatic rings. The molecule has 0 amide bonds. The molecule has 4 rings (SSSR count). The third kappa shape index (κ3) is 2.29. The first-order valence-electron chi connectivity index (χ1n) is 8.61. The summed E-state index contributed by atoms with van der Waals surface area (Å²) >= 11 is 1.73. The van der Waals surface area contributed by atoms with E-state index in [2.05, 4.69) is 45.2 Å². The van der Waals surface area contributed by atoms with Gasteiger partial charge >= 0.3 is 0 Å². The standard InChI is InChI=1S/C19H23N3OS/c1-11-15-17(14-9-6-10-24-14)16-12(7-5-8-13(16)23)20-18(15)22(21-11)19(2,3)4/h6,9-10,16-17H,5,7-8H2,1-4H3. The number of Topliss-reactive ketones (excluding diaryl/α,β-unsaturated/α-hetero) is 1. The van der Waals surface area contributed by atoms with Gasteiger partial charge in [0.25, 0.3) is 0 Å². The largest absolute Gasteiger partial charge is 0.299 e. The second-order valence-electron chi connectivity index (χ2n) is 7.80. The van der Waals surface area contributed by atoms with Crippen molar-refractivity contribution >= 4 is 28.6 Å². The Labute approximate surface area is 146 Å². The number of aromatic nitrogens is 2. The number of carbonyl (C=O) groups is 1. The van der Waals surface area contributed by atoms with E-state index in [4.69, 9.17) is 10.1 Å². The number of hydrogen-bond acceptors (Lipinski definition) is 4. The second-order valence-corrected chi connectivity index (χ2v) is 8.78. The molecule has 0 N–H and O–H groups in total. The zero-order chi connectivity index (χ0) is 17.1. The summed E-state index contributed by atoms with van der Waals surface area (Å²) in [5.41, 5.74) is 3.08. The number of ketones is 1. The summed E-state index contributed by atoms with van der Waals surface area (Å²) in [7, 11) is 0. The molecule has 2 aromatic heterocycles. The van der Waals surface area contributed by atoms with Crippen LogP contribution in [0.5, 0.6) is 0 Å². The minimum Gasteiger partial charge on any atom is -0.299 e. The Morgan fingerprint density at radius 1 is 1.25 bits per heavy atom. The van der Waals surface area contributed by atoms with Gasteiger partial charge in [-0.25, -0.2) is 9.67 Å². The molecule has 1 saturated carbocycles. The first-order valence-corrected chi connectivity index (χ1v) is 9.49. The Morgan fingerprint density at radius 3 is 2.71 bits per heavy atom. The normalized spacial score (nSPS) is 23.7. The monoisotopic (exact) mass is 341 g/mol. The molecule has 0 spiro atoms. The highest BCUT2D eigenvalue weighted by Crippen LogP contribution is 2.48. The van der Waals surface area contributed by atoms with Gasteiger partial charge in [0.05, 0.1) is 17.2 Å². The molecule has 3 heterocycles. The van der Waals surface area contributed by atoms with Crippen LogP contribution in [0.3, 0.4) is 0 Å². The minimum absolute atomic E-state index is 0.0800. The van der Waals surface area contributed by atoms with E-state index in [1.165, 1.54) is 4.88 Å². The molecule has 0 bridgehead atoms. The maximum absolute atomic E-state index is 12.8. The molecule has 1 aliphatic heterocycles. The molecule has 1 aliphatic carbocycles. The number of fused-ring (bicyclic) bond motifs is 2. The van der Waals surface area contributed by atoms with Gasteiger partial charge in [-0.3, -0.25) is 4.79 Å². The van der Waals surface area contributed by atoms with Crippen LogP contribution < -0.4 is 0 Å². The van der Waals surface area contributed by atoms with Gasteiger partial charge < -0.3 is 0 Å². The van der Waals surface area contributed by atoms with Gasteiger partial charge in [0.2, 0.25) is 0 Å². The first kappa shape index (κ1) is 15.8. The van der Waals surface area contributed by atoms with Crippen LogP contribution in [0.1, 0.15) is 62.1 Å². The van der Waals surface area contributed by atoms with Crippen molar-refractivity contribution in [2.45, 2.75) is 58.4 Å². The van der Waals surface area contributed by atoms with Gasteiger partial charge in [-0.05, 0) is 52.0 Å². The Balaban J connectivity index is 1.99. The number of nitrogens with zero attached hydrogens (tertiary/aromatic N) is 3. The first-order chi connectivity index (χ1) is 11.4. The average molecular weight is 341 g/mol. The number of thiophene rings is 1. The van der Waals surface area contributed by atoms with Gasteiger partial charge in [0.1, 0.15) is 5.78 Å². The van der Waals surface area contributed by atoms with Gasteiger partial charge in [-0.15, -0.1) is 11.3 Å². The lowest BCUT2D eigenvalue weighted by molar-refractivity contribution is -0.121. The topological polar surface area (TPSA) is 47.2 Å². The van der Waals surface area contributed by atoms with E-state index in [0.717, 1.165) is 35.6 Å². The van der Waals surface area contributed by atoms with Crippen LogP contribution in [-0.4, -0.2) is 21.3 Å². The summed E-state index contributed by atoms with van der Waals surface area (Å²) in [5.74, 6) is 1.28. The third-order valence-electron chi connectivity index (χ3n) is 5.02. The zero-order valence-electron chi connectivity index (χ0n) is 14.7. The van der Waals surface area contributed by atoms with E-state index in [-0.39, 0.29) is 17.4 Å². The fourth-order valence-electron chi connectivity index (χ4n) is 3.99. The van der Waals surface area contributed by atoms with Gasteiger partial charge in [0, 0.05) is 28.5 Å². The molecule has 1 fully saturated rings. The summed E-state index contributed by atoms with van der Waals surface area (Å²) in [6.07, 6.45) is 2.52. The Hall–Kier alpha value is -1.75. The SMILES string of the molecule is Cc1nn(C(C)(C)C)c2c1C(c1cccs1)C1C(=O)CCCC1=N2. The van der Waals surface area contributed by atoms with Gasteiger partial charge in [0.15, 0.2) is 5.82 Å². The lowest BCUT2D eigenvalue weighted by Crippen LogP contribution is -2.36. The van der Waals surface area contributed by atoms with Crippen LogP contribution in [0.2, 0.25) is 0 Å². The number of hydrogen-bond donors (Lipinski definition) is 0. The molecule has 126 valence electrons. The van der Waals surface area contributed by atoms with Crippen LogP contribution >= 0.6 is 11.3 Å². The highest BCUT2D eigenvalue weighted by atomic mass is 32.1. The highest BCUT2D eigenvalue weighted by molar-refractivity contribution is 7.10. The maximum Gasteiger partial charge on any atom is 0.155 e. The van der Waals surface area contributed by atoms with Gasteiger partial charge in [-0.2, -0.15) is 5.10 Å². The lowest BCUT2D eigenvalue weighted by atomic mass is 9.72. The van der Waals surface area contributed by atoms with Crippen molar-refractivity contribution < 1.29 is 4.79 Å². The van der Waals surface area contributed by atoms with Crippen molar-refractivity contribution in [1.82, 2.24) is 9.78 Å². The fourth-order valence-corrected chi connectivity index (χ4v) is 4.86. The molecule has 0 saturated heterocycles. The Bertz CT molecular complexity index is 824. The van der Waals surface area contributed by atoms with Gasteiger partial charge in [-0.1, -0.05) is 6.07 Å². The summed E-state index contributed by atoms with van der Waals surface area (Å²) in [4.78, 5) is 19.0. The number of rotatable bonds is 1. The van der Waals surface area contributed by atoms with E-state index >= 15 is 0 Å². The third-order valence-corrected chi connectivity index (χ3v) is 5.98. The van der Waals surface area contributed by atoms with Crippen molar-refractivity contribution in [1.29, 1.82) is 0 Å². The van der Waals surface area contributed by atoms with Crippen molar-refractivity contribution in [3.05, 3.63) is 33.6 Å². The average Bonchev–Trinajstić information content (AvgIpc) is 3.13. The predicted molar refractivity (Wildman–Crippen MR) is 97.6 cm³/mol. The quantitative estimate of drug-likeness (QED) is 0.761. The van der Waals surface area contributed by atoms with Crippen molar-refractivity contribution in [3.63, 3.8) is 0 Å². The van der Waals surface area contributed by atoms with Crippen LogP contribution in [-0.2, 0) is 10.3 Å². The molecule has 0 radical (unpaired) electrons. The summed E-state index contributed by atoms with van der Waals surface area (Å²) < 4.78 is 2.04. The minimum atomic E-state index is -0.131. The molecular weight excluding hydrogens is 318 g/mol. The van der Waals surface area contributed by atoms with E-state index in [0.29, 0.717) is 12.2 Å². The zero-order valence-corrected chi connectivity index (χ0v) is 15.5. The molecule has 0 aromatic carbocycles. The smallest absolute Gasteiger partial charge is 0.155 e. The van der Waals surface area contributed by atoms with Crippen LogP contribution in [0, 0.1) is 12.8 Å². The number of carbonyl (C=O) groups excluding carboxylic acids is 1. The maximum atomic E-state index is 12.8. The Morgan fingerprint density at radius 2 is 2.04 bits per heavy atom. The Kier molecular flexibility index (Phi) is 3.53. The molecule has 2 atom stereocenters. The molecule has 4 nitrogen and oxygen atoms in total. The number of aliphatic imine (C=N–C) groups is 1. The molecule has 2 unspecified atom stereocenters. The van der Waals surface area contributed by atoms with Crippen molar-refractivity contribution in [3.8, 4) is 0 Å². The predicted octanol–water partition coefficient (Wildman–Crippen LogP) is 4.60. The van der Waals surface area contributed by atoms with Crippen LogP contribution in [0.4, 0.5) is 5.82 Å². The summed E-state index contributed by atoms with van der Waals surface area (Å²) in [6.45, 7) is 8.50. The highest BCUT2D eigenvalue weighted by Gasteiger charge is 2.44. The van der Waals surface area contributed by atoms with Crippen molar-refractivity contribution in [2.75, 3.05) is 0 Å².